The quantitative estimate of drug-likeness (QED) is 0.702. The molecule has 2 rings (SSSR count). The van der Waals surface area contributed by atoms with Crippen LogP contribution in [0.5, 0.6) is 0 Å². The van der Waals surface area contributed by atoms with E-state index >= 15 is 0 Å². The standard InChI is InChI=1S/C13H15ClF3N/c14-7-10-6-11(9-4-2-1-3-5-9)12(8-18-10)13(15,16)17/h6,8-9H,1-5,7H2. The molecule has 0 bridgehead atoms. The molecule has 1 aromatic heterocycles. The van der Waals surface area contributed by atoms with Crippen molar-refractivity contribution in [2.75, 3.05) is 0 Å². The Morgan fingerprint density at radius 1 is 1.22 bits per heavy atom. The number of alkyl halides is 4. The van der Waals surface area contributed by atoms with E-state index < -0.39 is 11.7 Å². The Balaban J connectivity index is 2.40. The zero-order chi connectivity index (χ0) is 13.2. The van der Waals surface area contributed by atoms with Crippen LogP contribution in [0.1, 0.15) is 54.8 Å². The molecular weight excluding hydrogens is 263 g/mol. The number of pyridine rings is 1. The molecule has 1 fully saturated rings. The zero-order valence-corrected chi connectivity index (χ0v) is 10.7. The van der Waals surface area contributed by atoms with Gasteiger partial charge in [0.05, 0.1) is 17.1 Å². The molecule has 1 aliphatic rings. The Labute approximate surface area is 109 Å². The van der Waals surface area contributed by atoms with E-state index in [-0.39, 0.29) is 11.8 Å². The number of hydrogen-bond acceptors (Lipinski definition) is 1. The first kappa shape index (κ1) is 13.7. The normalized spacial score (nSPS) is 18.0. The van der Waals surface area contributed by atoms with E-state index in [0.717, 1.165) is 38.3 Å². The highest BCUT2D eigenvalue weighted by atomic mass is 35.5. The van der Waals surface area contributed by atoms with Gasteiger partial charge in [0.1, 0.15) is 0 Å². The predicted octanol–water partition coefficient (Wildman–Crippen LogP) is 4.89. The molecule has 0 aliphatic heterocycles. The SMILES string of the molecule is FC(F)(F)c1cnc(CCl)cc1C1CCCCC1. The number of rotatable bonds is 2. The second-order valence-corrected chi connectivity index (χ2v) is 5.00. The Hall–Kier alpha value is -0.770. The first-order chi connectivity index (χ1) is 8.52. The smallest absolute Gasteiger partial charge is 0.259 e. The van der Waals surface area contributed by atoms with E-state index in [4.69, 9.17) is 11.6 Å². The maximum atomic E-state index is 13.0. The minimum absolute atomic E-state index is 0.000316. The van der Waals surface area contributed by atoms with Crippen molar-refractivity contribution < 1.29 is 13.2 Å². The molecule has 0 spiro atoms. The molecule has 1 aliphatic carbocycles. The van der Waals surface area contributed by atoms with E-state index in [2.05, 4.69) is 4.98 Å². The Morgan fingerprint density at radius 3 is 2.44 bits per heavy atom. The summed E-state index contributed by atoms with van der Waals surface area (Å²) in [5, 5.41) is 0. The van der Waals surface area contributed by atoms with Crippen molar-refractivity contribution in [2.24, 2.45) is 0 Å². The van der Waals surface area contributed by atoms with Crippen LogP contribution in [0.4, 0.5) is 13.2 Å². The molecule has 1 aromatic rings. The van der Waals surface area contributed by atoms with Crippen LogP contribution < -0.4 is 0 Å². The van der Waals surface area contributed by atoms with Gasteiger partial charge in [-0.3, -0.25) is 4.98 Å². The maximum Gasteiger partial charge on any atom is 0.418 e. The number of hydrogen-bond donors (Lipinski definition) is 0. The Morgan fingerprint density at radius 2 is 1.89 bits per heavy atom. The van der Waals surface area contributed by atoms with E-state index in [9.17, 15) is 13.2 Å². The summed E-state index contributed by atoms with van der Waals surface area (Å²) in [5.74, 6) is 0.151. The molecule has 0 atom stereocenters. The van der Waals surface area contributed by atoms with E-state index in [1.165, 1.54) is 6.07 Å². The first-order valence-corrected chi connectivity index (χ1v) is 6.68. The fraction of sp³-hybridized carbons (Fsp3) is 0.615. The second-order valence-electron chi connectivity index (χ2n) is 4.73. The van der Waals surface area contributed by atoms with Crippen molar-refractivity contribution in [1.82, 2.24) is 4.98 Å². The van der Waals surface area contributed by atoms with Gasteiger partial charge >= 0.3 is 6.18 Å². The van der Waals surface area contributed by atoms with Crippen LogP contribution in [0.3, 0.4) is 0 Å². The Kier molecular flexibility index (Phi) is 4.15. The molecule has 1 nitrogen and oxygen atoms in total. The molecule has 0 saturated heterocycles. The third-order valence-corrected chi connectivity index (χ3v) is 3.75. The van der Waals surface area contributed by atoms with E-state index in [1.807, 2.05) is 0 Å². The molecule has 0 aromatic carbocycles. The van der Waals surface area contributed by atoms with Gasteiger partial charge in [0, 0.05) is 6.20 Å². The van der Waals surface area contributed by atoms with Crippen molar-refractivity contribution >= 4 is 11.6 Å². The van der Waals surface area contributed by atoms with Crippen molar-refractivity contribution in [3.05, 3.63) is 29.1 Å². The van der Waals surface area contributed by atoms with Crippen molar-refractivity contribution in [3.63, 3.8) is 0 Å². The fourth-order valence-electron chi connectivity index (χ4n) is 2.58. The molecule has 18 heavy (non-hydrogen) atoms. The van der Waals surface area contributed by atoms with Crippen molar-refractivity contribution in [1.29, 1.82) is 0 Å². The fourth-order valence-corrected chi connectivity index (χ4v) is 2.72. The van der Waals surface area contributed by atoms with Crippen LogP contribution in [0.2, 0.25) is 0 Å². The summed E-state index contributed by atoms with van der Waals surface area (Å²) in [6, 6.07) is 1.53. The first-order valence-electron chi connectivity index (χ1n) is 6.14. The lowest BCUT2D eigenvalue weighted by Crippen LogP contribution is -2.15. The lowest BCUT2D eigenvalue weighted by Gasteiger charge is -2.25. The summed E-state index contributed by atoms with van der Waals surface area (Å²) in [7, 11) is 0. The van der Waals surface area contributed by atoms with Gasteiger partial charge in [0.2, 0.25) is 0 Å². The van der Waals surface area contributed by atoms with Crippen LogP contribution >= 0.6 is 11.6 Å². The lowest BCUT2D eigenvalue weighted by atomic mass is 9.82. The monoisotopic (exact) mass is 277 g/mol. The predicted molar refractivity (Wildman–Crippen MR) is 64.6 cm³/mol. The molecule has 0 amide bonds. The van der Waals surface area contributed by atoms with Gasteiger partial charge < -0.3 is 0 Å². The molecule has 100 valence electrons. The molecule has 0 radical (unpaired) electrons. The van der Waals surface area contributed by atoms with Crippen LogP contribution in [0, 0.1) is 0 Å². The van der Waals surface area contributed by atoms with Crippen LogP contribution in [0.15, 0.2) is 12.3 Å². The second kappa shape index (κ2) is 5.47. The maximum absolute atomic E-state index is 13.0. The number of aromatic nitrogens is 1. The molecular formula is C13H15ClF3N. The molecule has 1 heterocycles. The lowest BCUT2D eigenvalue weighted by molar-refractivity contribution is -0.138. The highest BCUT2D eigenvalue weighted by molar-refractivity contribution is 6.16. The summed E-state index contributed by atoms with van der Waals surface area (Å²) in [6.07, 6.45) is 1.38. The zero-order valence-electron chi connectivity index (χ0n) is 9.93. The van der Waals surface area contributed by atoms with Crippen molar-refractivity contribution in [3.8, 4) is 0 Å². The third kappa shape index (κ3) is 2.97. The third-order valence-electron chi connectivity index (χ3n) is 3.48. The van der Waals surface area contributed by atoms with Crippen LogP contribution in [-0.2, 0) is 12.1 Å². The van der Waals surface area contributed by atoms with Crippen LogP contribution in [-0.4, -0.2) is 4.98 Å². The molecule has 0 N–H and O–H groups in total. The molecule has 5 heteroatoms. The number of nitrogens with zero attached hydrogens (tertiary/aromatic N) is 1. The molecule has 1 saturated carbocycles. The summed E-state index contributed by atoms with van der Waals surface area (Å²) in [5.41, 5.74) is 0.307. The number of halogens is 4. The minimum atomic E-state index is -4.33. The summed E-state index contributed by atoms with van der Waals surface area (Å²) >= 11 is 5.66. The molecule has 0 unspecified atom stereocenters. The van der Waals surface area contributed by atoms with Gasteiger partial charge in [0.25, 0.3) is 0 Å². The van der Waals surface area contributed by atoms with Gasteiger partial charge in [-0.05, 0) is 30.4 Å². The van der Waals surface area contributed by atoms with Crippen molar-refractivity contribution in [2.45, 2.75) is 50.1 Å². The van der Waals surface area contributed by atoms with Gasteiger partial charge in [-0.1, -0.05) is 19.3 Å². The highest BCUT2D eigenvalue weighted by Gasteiger charge is 2.36. The van der Waals surface area contributed by atoms with Gasteiger partial charge in [-0.15, -0.1) is 11.6 Å². The summed E-state index contributed by atoms with van der Waals surface area (Å²) < 4.78 is 38.9. The topological polar surface area (TPSA) is 12.9 Å². The average molecular weight is 278 g/mol. The van der Waals surface area contributed by atoms with E-state index in [1.54, 1.807) is 0 Å². The Bertz CT molecular complexity index is 411. The van der Waals surface area contributed by atoms with Gasteiger partial charge in [-0.2, -0.15) is 13.2 Å². The van der Waals surface area contributed by atoms with E-state index in [0.29, 0.717) is 11.3 Å². The minimum Gasteiger partial charge on any atom is -0.259 e. The van der Waals surface area contributed by atoms with Gasteiger partial charge in [-0.25, -0.2) is 0 Å². The average Bonchev–Trinajstić information content (AvgIpc) is 2.38. The largest absolute Gasteiger partial charge is 0.418 e. The van der Waals surface area contributed by atoms with Gasteiger partial charge in [0.15, 0.2) is 0 Å². The van der Waals surface area contributed by atoms with Crippen LogP contribution in [0.25, 0.3) is 0 Å². The summed E-state index contributed by atoms with van der Waals surface area (Å²) in [6.45, 7) is 0. The highest BCUT2D eigenvalue weighted by Crippen LogP contribution is 2.40. The summed E-state index contributed by atoms with van der Waals surface area (Å²) in [4.78, 5) is 3.77.